The summed E-state index contributed by atoms with van der Waals surface area (Å²) in [5, 5.41) is 2.93. The maximum Gasteiger partial charge on any atom is 0.254 e. The molecule has 160 valence electrons. The van der Waals surface area contributed by atoms with Gasteiger partial charge in [0.2, 0.25) is 0 Å². The molecule has 2 saturated heterocycles. The summed E-state index contributed by atoms with van der Waals surface area (Å²) in [6.07, 6.45) is 2.40. The molecule has 1 atom stereocenters. The third-order valence-electron chi connectivity index (χ3n) is 5.95. The molecule has 0 N–H and O–H groups in total. The van der Waals surface area contributed by atoms with Crippen LogP contribution >= 0.6 is 11.3 Å². The van der Waals surface area contributed by atoms with Crippen LogP contribution in [-0.2, 0) is 0 Å². The summed E-state index contributed by atoms with van der Waals surface area (Å²) in [4.78, 5) is 28.4. The molecule has 1 amide bonds. The maximum absolute atomic E-state index is 13.5. The van der Waals surface area contributed by atoms with Crippen molar-refractivity contribution in [2.45, 2.75) is 25.8 Å². The van der Waals surface area contributed by atoms with Crippen LogP contribution in [0.4, 0.5) is 10.2 Å². The molecule has 9 heteroatoms. The van der Waals surface area contributed by atoms with Crippen molar-refractivity contribution in [3.05, 3.63) is 52.2 Å². The smallest absolute Gasteiger partial charge is 0.254 e. The van der Waals surface area contributed by atoms with E-state index in [4.69, 9.17) is 12.8 Å². The number of rotatable bonds is 3. The number of aromatic nitrogens is 1. The standard InChI is InChI=1S/C22H25BFN5OS/c1-14-15(2)29(22(30)16-6-7-18(24)17(23)12-16)11-10-28(14)20(25-3)21-26-19(13-31-21)27-8-4-5-9-27/h6-7,12-13,15H,1,4-5,8-11H2,2-3H3/t15-/m1/s1. The van der Waals surface area contributed by atoms with Crippen molar-refractivity contribution in [1.29, 1.82) is 0 Å². The zero-order valence-corrected chi connectivity index (χ0v) is 18.7. The quantitative estimate of drug-likeness (QED) is 0.421. The van der Waals surface area contributed by atoms with Crippen LogP contribution < -0.4 is 10.4 Å². The van der Waals surface area contributed by atoms with Crippen LogP contribution in [0, 0.1) is 5.82 Å². The predicted molar refractivity (Wildman–Crippen MR) is 124 cm³/mol. The van der Waals surface area contributed by atoms with Crippen molar-refractivity contribution >= 4 is 42.2 Å². The first-order valence-corrected chi connectivity index (χ1v) is 11.3. The van der Waals surface area contributed by atoms with Crippen LogP contribution in [0.3, 0.4) is 0 Å². The Hall–Kier alpha value is -2.68. The topological polar surface area (TPSA) is 52.0 Å². The molecule has 1 aromatic heterocycles. The van der Waals surface area contributed by atoms with Crippen molar-refractivity contribution in [3.63, 3.8) is 0 Å². The molecule has 0 aliphatic carbocycles. The molecule has 0 saturated carbocycles. The molecular weight excluding hydrogens is 412 g/mol. The second-order valence-corrected chi connectivity index (χ2v) is 8.66. The molecule has 3 heterocycles. The number of benzene rings is 1. The molecular formula is C22H25BFN5OS. The minimum Gasteiger partial charge on any atom is -0.356 e. The number of amides is 1. The number of aliphatic imine (C=N–C) groups is 1. The first kappa shape index (κ1) is 21.6. The van der Waals surface area contributed by atoms with Crippen molar-refractivity contribution in [1.82, 2.24) is 14.8 Å². The summed E-state index contributed by atoms with van der Waals surface area (Å²) in [5.41, 5.74) is 1.11. The molecule has 31 heavy (non-hydrogen) atoms. The zero-order chi connectivity index (χ0) is 22.1. The Bertz CT molecular complexity index is 1030. The molecule has 6 nitrogen and oxygen atoms in total. The van der Waals surface area contributed by atoms with E-state index in [1.807, 2.05) is 11.8 Å². The van der Waals surface area contributed by atoms with E-state index in [1.165, 1.54) is 31.0 Å². The Morgan fingerprint density at radius 3 is 2.71 bits per heavy atom. The van der Waals surface area contributed by atoms with Gasteiger partial charge in [-0.3, -0.25) is 9.79 Å². The Morgan fingerprint density at radius 1 is 1.29 bits per heavy atom. The fourth-order valence-electron chi connectivity index (χ4n) is 4.10. The first-order valence-electron chi connectivity index (χ1n) is 10.4. The second-order valence-electron chi connectivity index (χ2n) is 7.81. The Balaban J connectivity index is 1.51. The van der Waals surface area contributed by atoms with Gasteiger partial charge in [0.05, 0.1) is 6.04 Å². The number of carbonyl (C=O) groups is 1. The molecule has 2 fully saturated rings. The summed E-state index contributed by atoms with van der Waals surface area (Å²) < 4.78 is 13.5. The normalized spacial score (nSPS) is 20.0. The number of piperazine rings is 1. The number of anilines is 1. The van der Waals surface area contributed by atoms with Gasteiger partial charge in [-0.25, -0.2) is 9.37 Å². The highest BCUT2D eigenvalue weighted by atomic mass is 32.1. The van der Waals surface area contributed by atoms with Gasteiger partial charge in [-0.15, -0.1) is 11.3 Å². The van der Waals surface area contributed by atoms with Gasteiger partial charge in [-0.2, -0.15) is 0 Å². The highest BCUT2D eigenvalue weighted by Crippen LogP contribution is 2.27. The van der Waals surface area contributed by atoms with Crippen molar-refractivity contribution in [2.75, 3.05) is 38.1 Å². The lowest BCUT2D eigenvalue weighted by molar-refractivity contribution is 0.0649. The second kappa shape index (κ2) is 8.82. The Kier molecular flexibility index (Phi) is 6.13. The number of hydrogen-bond donors (Lipinski definition) is 0. The molecule has 2 radical (unpaired) electrons. The maximum atomic E-state index is 13.5. The fourth-order valence-corrected chi connectivity index (χ4v) is 4.98. The van der Waals surface area contributed by atoms with Gasteiger partial charge in [-0.05, 0) is 31.9 Å². The first-order chi connectivity index (χ1) is 14.9. The van der Waals surface area contributed by atoms with Crippen molar-refractivity contribution in [3.8, 4) is 0 Å². The Labute approximate surface area is 187 Å². The average Bonchev–Trinajstić information content (AvgIpc) is 3.45. The Morgan fingerprint density at radius 2 is 2.03 bits per heavy atom. The van der Waals surface area contributed by atoms with Gasteiger partial charge < -0.3 is 14.7 Å². The van der Waals surface area contributed by atoms with E-state index in [0.717, 1.165) is 35.4 Å². The van der Waals surface area contributed by atoms with E-state index >= 15 is 0 Å². The van der Waals surface area contributed by atoms with E-state index in [9.17, 15) is 9.18 Å². The SMILES string of the molecule is [B]c1cc(C(=O)N2CCN(C(=NC)c3nc(N4CCCC4)cs3)C(=C)[C@H]2C)ccc1F. The van der Waals surface area contributed by atoms with E-state index in [1.54, 1.807) is 23.3 Å². The highest BCUT2D eigenvalue weighted by Gasteiger charge is 2.34. The highest BCUT2D eigenvalue weighted by molar-refractivity contribution is 7.12. The molecule has 2 aliphatic rings. The number of amidine groups is 1. The number of carbonyl (C=O) groups excluding carboxylic acids is 1. The minimum absolute atomic E-state index is 0.0334. The summed E-state index contributed by atoms with van der Waals surface area (Å²) >= 11 is 1.58. The van der Waals surface area contributed by atoms with Gasteiger partial charge in [0, 0.05) is 49.9 Å². The van der Waals surface area contributed by atoms with Gasteiger partial charge >= 0.3 is 0 Å². The van der Waals surface area contributed by atoms with Crippen LogP contribution in [0.15, 0.2) is 40.8 Å². The molecule has 1 aromatic carbocycles. The number of halogens is 1. The predicted octanol–water partition coefficient (Wildman–Crippen LogP) is 2.41. The van der Waals surface area contributed by atoms with Gasteiger partial charge in [-0.1, -0.05) is 18.1 Å². The zero-order valence-electron chi connectivity index (χ0n) is 17.8. The van der Waals surface area contributed by atoms with Crippen molar-refractivity contribution < 1.29 is 9.18 Å². The number of nitrogens with zero attached hydrogens (tertiary/aromatic N) is 5. The average molecular weight is 437 g/mol. The fraction of sp³-hybridized carbons (Fsp3) is 0.409. The monoisotopic (exact) mass is 437 g/mol. The number of hydrogen-bond acceptors (Lipinski definition) is 5. The van der Waals surface area contributed by atoms with Crippen LogP contribution in [-0.4, -0.2) is 73.6 Å². The van der Waals surface area contributed by atoms with E-state index in [-0.39, 0.29) is 17.4 Å². The van der Waals surface area contributed by atoms with Crippen LogP contribution in [0.25, 0.3) is 0 Å². The third kappa shape index (κ3) is 4.11. The summed E-state index contributed by atoms with van der Waals surface area (Å²) in [5.74, 6) is 1.05. The third-order valence-corrected chi connectivity index (χ3v) is 6.77. The van der Waals surface area contributed by atoms with E-state index in [0.29, 0.717) is 18.7 Å². The van der Waals surface area contributed by atoms with Crippen LogP contribution in [0.5, 0.6) is 0 Å². The molecule has 0 unspecified atom stereocenters. The van der Waals surface area contributed by atoms with Crippen molar-refractivity contribution in [2.24, 2.45) is 4.99 Å². The minimum atomic E-state index is -0.528. The largest absolute Gasteiger partial charge is 0.356 e. The summed E-state index contributed by atoms with van der Waals surface area (Å²) in [7, 11) is 7.40. The lowest BCUT2D eigenvalue weighted by Crippen LogP contribution is -2.53. The van der Waals surface area contributed by atoms with Crippen LogP contribution in [0.1, 0.15) is 35.1 Å². The molecule has 2 aromatic rings. The number of thiazole rings is 1. The van der Waals surface area contributed by atoms with Gasteiger partial charge in [0.25, 0.3) is 5.91 Å². The van der Waals surface area contributed by atoms with Gasteiger partial charge in [0.1, 0.15) is 19.5 Å². The lowest BCUT2D eigenvalue weighted by Gasteiger charge is -2.42. The molecule has 0 bridgehead atoms. The molecule has 4 rings (SSSR count). The van der Waals surface area contributed by atoms with E-state index < -0.39 is 5.82 Å². The van der Waals surface area contributed by atoms with Gasteiger partial charge in [0.15, 0.2) is 10.8 Å². The molecule has 2 aliphatic heterocycles. The molecule has 0 spiro atoms. The van der Waals surface area contributed by atoms with Crippen LogP contribution in [0.2, 0.25) is 0 Å². The summed E-state index contributed by atoms with van der Waals surface area (Å²) in [6.45, 7) is 9.30. The van der Waals surface area contributed by atoms with E-state index in [2.05, 4.69) is 21.9 Å². The summed E-state index contributed by atoms with van der Waals surface area (Å²) in [6, 6.07) is 3.82. The lowest BCUT2D eigenvalue weighted by atomic mass is 9.93.